The summed E-state index contributed by atoms with van der Waals surface area (Å²) < 4.78 is 0. The van der Waals surface area contributed by atoms with Crippen molar-refractivity contribution in [3.8, 4) is 0 Å². The summed E-state index contributed by atoms with van der Waals surface area (Å²) in [5.74, 6) is -3.57. The van der Waals surface area contributed by atoms with Crippen LogP contribution in [0.3, 0.4) is 0 Å². The molecule has 7 N–H and O–H groups in total. The van der Waals surface area contributed by atoms with Gasteiger partial charge in [0.2, 0.25) is 17.7 Å². The quantitative estimate of drug-likeness (QED) is 0.248. The van der Waals surface area contributed by atoms with Crippen molar-refractivity contribution in [1.29, 1.82) is 0 Å². The van der Waals surface area contributed by atoms with Gasteiger partial charge >= 0.3 is 5.97 Å². The lowest BCUT2D eigenvalue weighted by Gasteiger charge is -2.26. The second-order valence-corrected chi connectivity index (χ2v) is 7.48. The average molecular weight is 437 g/mol. The van der Waals surface area contributed by atoms with Crippen LogP contribution in [0.5, 0.6) is 0 Å². The van der Waals surface area contributed by atoms with Crippen LogP contribution in [-0.4, -0.2) is 64.7 Å². The number of carboxylic acids is 1. The average Bonchev–Trinajstić information content (AvgIpc) is 2.75. The number of hydrogen-bond acceptors (Lipinski definition) is 6. The Morgan fingerprint density at radius 2 is 1.58 bits per heavy atom. The van der Waals surface area contributed by atoms with E-state index in [4.69, 9.17) is 15.9 Å². The van der Waals surface area contributed by atoms with Gasteiger partial charge in [-0.2, -0.15) is 0 Å². The number of carboxylic acid groups (broad SMARTS) is 1. The number of nitrogens with one attached hydrogen (secondary N) is 3. The Balaban J connectivity index is 2.73. The van der Waals surface area contributed by atoms with Gasteiger partial charge in [-0.3, -0.25) is 14.4 Å². The summed E-state index contributed by atoms with van der Waals surface area (Å²) in [6.07, 6.45) is 0.828. The van der Waals surface area contributed by atoms with Gasteiger partial charge in [0.05, 0.1) is 12.6 Å². The van der Waals surface area contributed by atoms with Crippen LogP contribution in [0.1, 0.15) is 32.8 Å². The molecule has 1 rings (SSSR count). The molecule has 0 spiro atoms. The predicted molar refractivity (Wildman–Crippen MR) is 114 cm³/mol. The smallest absolute Gasteiger partial charge is 0.328 e. The molecule has 0 heterocycles. The maximum Gasteiger partial charge on any atom is 0.328 e. The van der Waals surface area contributed by atoms with Gasteiger partial charge in [0.25, 0.3) is 0 Å². The third-order valence-corrected chi connectivity index (χ3v) is 4.98. The fraction of sp³-hybridized carbons (Fsp3) is 0.524. The van der Waals surface area contributed by atoms with E-state index < -0.39 is 54.5 Å². The van der Waals surface area contributed by atoms with Crippen LogP contribution < -0.4 is 21.7 Å². The molecule has 172 valence electrons. The van der Waals surface area contributed by atoms with Crippen LogP contribution in [0.15, 0.2) is 30.3 Å². The van der Waals surface area contributed by atoms with Crippen molar-refractivity contribution in [2.45, 2.75) is 57.8 Å². The molecule has 10 heteroatoms. The van der Waals surface area contributed by atoms with E-state index in [0.717, 1.165) is 5.56 Å². The first-order valence-electron chi connectivity index (χ1n) is 10.1. The first kappa shape index (κ1) is 26.1. The second kappa shape index (κ2) is 12.7. The number of aliphatic carboxylic acids is 1. The Morgan fingerprint density at radius 3 is 2.10 bits per heavy atom. The fourth-order valence-electron chi connectivity index (χ4n) is 2.77. The Morgan fingerprint density at radius 1 is 0.968 bits per heavy atom. The zero-order chi connectivity index (χ0) is 23.6. The Labute approximate surface area is 181 Å². The molecule has 0 saturated heterocycles. The Hall–Kier alpha value is -2.98. The summed E-state index contributed by atoms with van der Waals surface area (Å²) in [7, 11) is 0. The van der Waals surface area contributed by atoms with Gasteiger partial charge in [0.1, 0.15) is 18.1 Å². The van der Waals surface area contributed by atoms with Gasteiger partial charge in [-0.25, -0.2) is 4.79 Å². The molecule has 1 aromatic carbocycles. The molecule has 5 unspecified atom stereocenters. The first-order chi connectivity index (χ1) is 14.6. The van der Waals surface area contributed by atoms with Crippen LogP contribution in [0.4, 0.5) is 0 Å². The largest absolute Gasteiger partial charge is 0.480 e. The van der Waals surface area contributed by atoms with Crippen LogP contribution >= 0.6 is 0 Å². The number of aliphatic hydroxyl groups is 1. The molecule has 0 aromatic heterocycles. The third-order valence-electron chi connectivity index (χ3n) is 4.98. The van der Waals surface area contributed by atoms with Gasteiger partial charge in [-0.15, -0.1) is 0 Å². The normalized spacial score (nSPS) is 15.6. The van der Waals surface area contributed by atoms with E-state index >= 15 is 0 Å². The monoisotopic (exact) mass is 436 g/mol. The standard InChI is InChI=1S/C21H32N4O6/c1-4-12(2)17(20(29)24-16(11-26)21(30)31)25-18(27)13(3)23-19(28)15(22)10-14-8-6-5-7-9-14/h5-9,12-13,15-17,26H,4,10-11,22H2,1-3H3,(H,23,28)(H,24,29)(H,25,27)(H,30,31). The lowest BCUT2D eigenvalue weighted by atomic mass is 9.97. The minimum Gasteiger partial charge on any atom is -0.480 e. The molecule has 5 atom stereocenters. The van der Waals surface area contributed by atoms with Crippen molar-refractivity contribution in [2.24, 2.45) is 11.7 Å². The van der Waals surface area contributed by atoms with Crippen molar-refractivity contribution in [2.75, 3.05) is 6.61 Å². The minimum absolute atomic E-state index is 0.302. The molecule has 1 aromatic rings. The van der Waals surface area contributed by atoms with Gasteiger partial charge in [-0.05, 0) is 24.8 Å². The van der Waals surface area contributed by atoms with E-state index in [2.05, 4.69) is 16.0 Å². The van der Waals surface area contributed by atoms with E-state index in [1.165, 1.54) is 6.92 Å². The summed E-state index contributed by atoms with van der Waals surface area (Å²) in [5.41, 5.74) is 6.81. The van der Waals surface area contributed by atoms with Crippen molar-refractivity contribution in [3.63, 3.8) is 0 Å². The van der Waals surface area contributed by atoms with Gasteiger partial charge < -0.3 is 31.9 Å². The molecule has 0 radical (unpaired) electrons. The van der Waals surface area contributed by atoms with Gasteiger partial charge in [-0.1, -0.05) is 50.6 Å². The summed E-state index contributed by atoms with van der Waals surface area (Å²) in [5, 5.41) is 25.4. The van der Waals surface area contributed by atoms with Crippen molar-refractivity contribution < 1.29 is 29.4 Å². The van der Waals surface area contributed by atoms with E-state index in [9.17, 15) is 19.2 Å². The Bertz CT molecular complexity index is 757. The second-order valence-electron chi connectivity index (χ2n) is 7.48. The van der Waals surface area contributed by atoms with E-state index in [1.54, 1.807) is 6.92 Å². The number of rotatable bonds is 12. The van der Waals surface area contributed by atoms with E-state index in [-0.39, 0.29) is 5.92 Å². The molecule has 3 amide bonds. The number of carbonyl (C=O) groups excluding carboxylic acids is 3. The highest BCUT2D eigenvalue weighted by molar-refractivity contribution is 5.94. The van der Waals surface area contributed by atoms with E-state index in [1.807, 2.05) is 37.3 Å². The molecule has 0 aliphatic heterocycles. The van der Waals surface area contributed by atoms with Gasteiger partial charge in [0, 0.05) is 0 Å². The highest BCUT2D eigenvalue weighted by Gasteiger charge is 2.31. The summed E-state index contributed by atoms with van der Waals surface area (Å²) >= 11 is 0. The van der Waals surface area contributed by atoms with Crippen LogP contribution in [0.2, 0.25) is 0 Å². The van der Waals surface area contributed by atoms with Crippen molar-refractivity contribution >= 4 is 23.7 Å². The van der Waals surface area contributed by atoms with E-state index in [0.29, 0.717) is 12.8 Å². The lowest BCUT2D eigenvalue weighted by Crippen LogP contribution is -2.58. The topological polar surface area (TPSA) is 171 Å². The predicted octanol–water partition coefficient (Wildman–Crippen LogP) is -0.846. The molecule has 0 aliphatic carbocycles. The third kappa shape index (κ3) is 8.35. The van der Waals surface area contributed by atoms with Gasteiger partial charge in [0.15, 0.2) is 0 Å². The van der Waals surface area contributed by atoms with Crippen LogP contribution in [-0.2, 0) is 25.6 Å². The molecule has 0 bridgehead atoms. The first-order valence-corrected chi connectivity index (χ1v) is 10.1. The highest BCUT2D eigenvalue weighted by Crippen LogP contribution is 2.09. The molecule has 31 heavy (non-hydrogen) atoms. The number of nitrogens with two attached hydrogens (primary N) is 1. The molecule has 10 nitrogen and oxygen atoms in total. The van der Waals surface area contributed by atoms with Crippen molar-refractivity contribution in [3.05, 3.63) is 35.9 Å². The maximum absolute atomic E-state index is 12.6. The van der Waals surface area contributed by atoms with Crippen LogP contribution in [0.25, 0.3) is 0 Å². The summed E-state index contributed by atoms with van der Waals surface area (Å²) in [6.45, 7) is 4.21. The number of carbonyl (C=O) groups is 4. The summed E-state index contributed by atoms with van der Waals surface area (Å²) in [4.78, 5) is 48.5. The fourth-order valence-corrected chi connectivity index (χ4v) is 2.77. The molecule has 0 aliphatic rings. The highest BCUT2D eigenvalue weighted by atomic mass is 16.4. The maximum atomic E-state index is 12.6. The number of hydrogen-bond donors (Lipinski definition) is 6. The molecular formula is C21H32N4O6. The van der Waals surface area contributed by atoms with Crippen molar-refractivity contribution in [1.82, 2.24) is 16.0 Å². The number of aliphatic hydroxyl groups excluding tert-OH is 1. The Kier molecular flexibility index (Phi) is 10.6. The molecule has 0 fully saturated rings. The molecular weight excluding hydrogens is 404 g/mol. The minimum atomic E-state index is -1.48. The zero-order valence-corrected chi connectivity index (χ0v) is 18.0. The van der Waals surface area contributed by atoms with Crippen LogP contribution in [0, 0.1) is 5.92 Å². The number of amides is 3. The summed E-state index contributed by atoms with van der Waals surface area (Å²) in [6, 6.07) is 4.86. The zero-order valence-electron chi connectivity index (χ0n) is 18.0. The number of benzene rings is 1. The SMILES string of the molecule is CCC(C)C(NC(=O)C(C)NC(=O)C(N)Cc1ccccc1)C(=O)NC(CO)C(=O)O. The molecule has 0 saturated carbocycles. The lowest BCUT2D eigenvalue weighted by molar-refractivity contribution is -0.143.